The second kappa shape index (κ2) is 4.06. The molecule has 1 N–H and O–H groups in total. The lowest BCUT2D eigenvalue weighted by Gasteiger charge is -2.33. The molecule has 1 fully saturated rings. The Balaban J connectivity index is 1.88. The van der Waals surface area contributed by atoms with Gasteiger partial charge in [-0.2, -0.15) is 4.98 Å². The van der Waals surface area contributed by atoms with Crippen LogP contribution in [0.15, 0.2) is 10.9 Å². The third-order valence-electron chi connectivity index (χ3n) is 2.71. The summed E-state index contributed by atoms with van der Waals surface area (Å²) in [6.07, 6.45) is 2.08. The summed E-state index contributed by atoms with van der Waals surface area (Å²) in [5, 5.41) is 13.1. The number of likely N-dealkylation sites (tertiary alicyclic amines) is 1. The molecule has 5 nitrogen and oxygen atoms in total. The first-order valence-corrected chi connectivity index (χ1v) is 4.91. The molecule has 1 saturated heterocycles. The number of aliphatic hydroxyl groups is 1. The smallest absolute Gasteiger partial charge is 0.240 e. The molecule has 78 valence electrons. The largest absolute Gasteiger partial charge is 0.393 e. The molecule has 0 saturated carbocycles. The van der Waals surface area contributed by atoms with E-state index in [4.69, 9.17) is 4.52 Å². The van der Waals surface area contributed by atoms with Crippen LogP contribution >= 0.6 is 0 Å². The van der Waals surface area contributed by atoms with Gasteiger partial charge in [0, 0.05) is 13.1 Å². The van der Waals surface area contributed by atoms with Gasteiger partial charge < -0.3 is 9.63 Å². The summed E-state index contributed by atoms with van der Waals surface area (Å²) in [4.78, 5) is 6.20. The minimum absolute atomic E-state index is 0.158. The van der Waals surface area contributed by atoms with E-state index in [0.717, 1.165) is 19.5 Å². The molecule has 1 aliphatic heterocycles. The van der Waals surface area contributed by atoms with Crippen molar-refractivity contribution in [2.24, 2.45) is 5.92 Å². The fraction of sp³-hybridized carbons (Fsp3) is 0.778. The molecule has 1 aliphatic rings. The van der Waals surface area contributed by atoms with E-state index in [-0.39, 0.29) is 6.10 Å². The average Bonchev–Trinajstić information content (AvgIpc) is 2.64. The number of rotatable bonds is 2. The summed E-state index contributed by atoms with van der Waals surface area (Å²) in [5.74, 6) is 0.972. The van der Waals surface area contributed by atoms with Gasteiger partial charge in [-0.1, -0.05) is 12.1 Å². The zero-order chi connectivity index (χ0) is 9.97. The molecule has 0 amide bonds. The van der Waals surface area contributed by atoms with Gasteiger partial charge in [-0.15, -0.1) is 0 Å². The third kappa shape index (κ3) is 2.10. The number of hydrogen-bond donors (Lipinski definition) is 1. The maximum atomic E-state index is 9.54. The van der Waals surface area contributed by atoms with Gasteiger partial charge in [0.15, 0.2) is 6.33 Å². The lowest BCUT2D eigenvalue weighted by Crippen LogP contribution is -2.41. The summed E-state index contributed by atoms with van der Waals surface area (Å²) in [6, 6.07) is 0. The highest BCUT2D eigenvalue weighted by molar-refractivity contribution is 4.81. The molecule has 1 aromatic heterocycles. The fourth-order valence-electron chi connectivity index (χ4n) is 1.82. The molecule has 14 heavy (non-hydrogen) atoms. The van der Waals surface area contributed by atoms with Crippen molar-refractivity contribution >= 4 is 0 Å². The number of nitrogens with zero attached hydrogens (tertiary/aromatic N) is 3. The molecule has 1 aromatic rings. The normalized spacial score (nSPS) is 29.3. The lowest BCUT2D eigenvalue weighted by molar-refractivity contribution is 0.0282. The Labute approximate surface area is 82.7 Å². The second-order valence-electron chi connectivity index (χ2n) is 3.90. The Hall–Kier alpha value is -0.940. The molecular formula is C9H15N3O2. The van der Waals surface area contributed by atoms with Gasteiger partial charge >= 0.3 is 0 Å². The summed E-state index contributed by atoms with van der Waals surface area (Å²) in [6.45, 7) is 4.54. The predicted molar refractivity (Wildman–Crippen MR) is 49.4 cm³/mol. The van der Waals surface area contributed by atoms with Crippen LogP contribution in [-0.4, -0.2) is 39.3 Å². The Morgan fingerprint density at radius 3 is 3.21 bits per heavy atom. The molecule has 0 aliphatic carbocycles. The molecule has 2 heterocycles. The highest BCUT2D eigenvalue weighted by Gasteiger charge is 2.24. The highest BCUT2D eigenvalue weighted by Crippen LogP contribution is 2.17. The third-order valence-corrected chi connectivity index (χ3v) is 2.71. The van der Waals surface area contributed by atoms with Crippen molar-refractivity contribution in [2.45, 2.75) is 26.0 Å². The molecule has 2 atom stereocenters. The maximum absolute atomic E-state index is 9.54. The van der Waals surface area contributed by atoms with E-state index in [2.05, 4.69) is 22.0 Å². The van der Waals surface area contributed by atoms with Crippen LogP contribution in [0.4, 0.5) is 0 Å². The van der Waals surface area contributed by atoms with Crippen molar-refractivity contribution in [3.8, 4) is 0 Å². The molecule has 2 unspecified atom stereocenters. The van der Waals surface area contributed by atoms with E-state index in [9.17, 15) is 5.11 Å². The van der Waals surface area contributed by atoms with Crippen LogP contribution in [0.3, 0.4) is 0 Å². The molecule has 0 spiro atoms. The van der Waals surface area contributed by atoms with Gasteiger partial charge in [0.25, 0.3) is 0 Å². The zero-order valence-corrected chi connectivity index (χ0v) is 8.26. The molecule has 5 heteroatoms. The van der Waals surface area contributed by atoms with Crippen LogP contribution in [0.5, 0.6) is 0 Å². The summed E-state index contributed by atoms with van der Waals surface area (Å²) in [7, 11) is 0. The fourth-order valence-corrected chi connectivity index (χ4v) is 1.82. The lowest BCUT2D eigenvalue weighted by atomic mass is 9.97. The van der Waals surface area contributed by atoms with Gasteiger partial charge in [-0.05, 0) is 12.3 Å². The van der Waals surface area contributed by atoms with Gasteiger partial charge in [-0.25, -0.2) is 0 Å². The van der Waals surface area contributed by atoms with Crippen molar-refractivity contribution < 1.29 is 9.63 Å². The predicted octanol–water partition coefficient (Wildman–Crippen LogP) is 0.272. The monoisotopic (exact) mass is 197 g/mol. The number of piperidine rings is 1. The van der Waals surface area contributed by atoms with Crippen molar-refractivity contribution in [3.63, 3.8) is 0 Å². The van der Waals surface area contributed by atoms with Gasteiger partial charge in [-0.3, -0.25) is 4.90 Å². The van der Waals surface area contributed by atoms with E-state index in [1.807, 2.05) is 0 Å². The van der Waals surface area contributed by atoms with Crippen molar-refractivity contribution in [2.75, 3.05) is 13.1 Å². The van der Waals surface area contributed by atoms with E-state index >= 15 is 0 Å². The maximum Gasteiger partial charge on any atom is 0.240 e. The summed E-state index contributed by atoms with van der Waals surface area (Å²) < 4.78 is 4.93. The van der Waals surface area contributed by atoms with Crippen LogP contribution in [0.1, 0.15) is 19.2 Å². The van der Waals surface area contributed by atoms with Crippen molar-refractivity contribution in [3.05, 3.63) is 12.2 Å². The molecule has 0 radical (unpaired) electrons. The van der Waals surface area contributed by atoms with Gasteiger partial charge in [0.1, 0.15) is 0 Å². The molecular weight excluding hydrogens is 182 g/mol. The number of aliphatic hydroxyl groups excluding tert-OH is 1. The van der Waals surface area contributed by atoms with Crippen LogP contribution in [0, 0.1) is 5.92 Å². The Morgan fingerprint density at radius 1 is 1.71 bits per heavy atom. The van der Waals surface area contributed by atoms with Crippen molar-refractivity contribution in [1.29, 1.82) is 0 Å². The van der Waals surface area contributed by atoms with Crippen molar-refractivity contribution in [1.82, 2.24) is 15.0 Å². The first-order valence-electron chi connectivity index (χ1n) is 4.91. The SMILES string of the molecule is CC1CN(Cc2ncno2)CCC1O. The highest BCUT2D eigenvalue weighted by atomic mass is 16.5. The average molecular weight is 197 g/mol. The summed E-state index contributed by atoms with van der Waals surface area (Å²) >= 11 is 0. The van der Waals surface area contributed by atoms with Gasteiger partial charge in [0.2, 0.25) is 5.89 Å². The van der Waals surface area contributed by atoms with E-state index < -0.39 is 0 Å². The first kappa shape index (κ1) is 9.61. The standard InChI is InChI=1S/C9H15N3O2/c1-7-4-12(3-2-8(7)13)5-9-10-6-11-14-9/h6-8,13H,2-5H2,1H3. The second-order valence-corrected chi connectivity index (χ2v) is 3.90. The molecule has 0 bridgehead atoms. The first-order chi connectivity index (χ1) is 6.75. The van der Waals surface area contributed by atoms with E-state index in [0.29, 0.717) is 18.4 Å². The van der Waals surface area contributed by atoms with Crippen LogP contribution in [0.25, 0.3) is 0 Å². The number of hydrogen-bond acceptors (Lipinski definition) is 5. The number of aromatic nitrogens is 2. The van der Waals surface area contributed by atoms with Crippen LogP contribution < -0.4 is 0 Å². The quantitative estimate of drug-likeness (QED) is 0.737. The Kier molecular flexibility index (Phi) is 2.79. The minimum Gasteiger partial charge on any atom is -0.393 e. The van der Waals surface area contributed by atoms with Gasteiger partial charge in [0.05, 0.1) is 12.6 Å². The molecule has 0 aromatic carbocycles. The Morgan fingerprint density at radius 2 is 2.57 bits per heavy atom. The summed E-state index contributed by atoms with van der Waals surface area (Å²) in [5.41, 5.74) is 0. The van der Waals surface area contributed by atoms with Crippen LogP contribution in [0.2, 0.25) is 0 Å². The van der Waals surface area contributed by atoms with E-state index in [1.165, 1.54) is 6.33 Å². The Bertz CT molecular complexity index is 276. The minimum atomic E-state index is -0.158. The zero-order valence-electron chi connectivity index (χ0n) is 8.26. The molecule has 2 rings (SSSR count). The topological polar surface area (TPSA) is 62.4 Å². The van der Waals surface area contributed by atoms with Crippen LogP contribution in [-0.2, 0) is 6.54 Å². The van der Waals surface area contributed by atoms with E-state index in [1.54, 1.807) is 0 Å².